The van der Waals surface area contributed by atoms with Gasteiger partial charge in [-0.25, -0.2) is 0 Å². The van der Waals surface area contributed by atoms with E-state index >= 15 is 0 Å². The molecule has 0 unspecified atom stereocenters. The van der Waals surface area contributed by atoms with Gasteiger partial charge in [-0.3, -0.25) is 4.79 Å². The van der Waals surface area contributed by atoms with Crippen molar-refractivity contribution in [3.63, 3.8) is 0 Å². The topological polar surface area (TPSA) is 49.8 Å². The highest BCUT2D eigenvalue weighted by atomic mass is 16.5. The van der Waals surface area contributed by atoms with Gasteiger partial charge in [0.1, 0.15) is 5.75 Å². The lowest BCUT2D eigenvalue weighted by Crippen LogP contribution is -2.24. The van der Waals surface area contributed by atoms with Crippen molar-refractivity contribution in [1.82, 2.24) is 4.90 Å². The van der Waals surface area contributed by atoms with Crippen molar-refractivity contribution in [3.8, 4) is 17.6 Å². The van der Waals surface area contributed by atoms with Gasteiger partial charge in [0.05, 0.1) is 13.7 Å². The summed E-state index contributed by atoms with van der Waals surface area (Å²) in [5.74, 6) is 6.93. The quantitative estimate of drug-likeness (QED) is 0.847. The summed E-state index contributed by atoms with van der Waals surface area (Å²) in [5.41, 5.74) is 1.88. The SMILES string of the molecule is COc1ccc(C#CCCO)c(CN2CCCC2=O)c1. The summed E-state index contributed by atoms with van der Waals surface area (Å²) < 4.78 is 5.24. The van der Waals surface area contributed by atoms with Crippen LogP contribution >= 0.6 is 0 Å². The highest BCUT2D eigenvalue weighted by Gasteiger charge is 2.21. The molecular weight excluding hydrogens is 254 g/mol. The number of amides is 1. The summed E-state index contributed by atoms with van der Waals surface area (Å²) in [6.07, 6.45) is 2.01. The maximum atomic E-state index is 11.7. The Kier molecular flexibility index (Phi) is 5.03. The number of rotatable bonds is 4. The van der Waals surface area contributed by atoms with Gasteiger partial charge in [-0.05, 0) is 30.2 Å². The van der Waals surface area contributed by atoms with E-state index in [0.29, 0.717) is 19.4 Å². The number of hydrogen-bond acceptors (Lipinski definition) is 3. The summed E-state index contributed by atoms with van der Waals surface area (Å²) in [5, 5.41) is 8.78. The van der Waals surface area contributed by atoms with Crippen LogP contribution < -0.4 is 4.74 Å². The van der Waals surface area contributed by atoms with E-state index in [0.717, 1.165) is 29.8 Å². The molecule has 1 N–H and O–H groups in total. The number of carbonyl (C=O) groups excluding carboxylic acids is 1. The van der Waals surface area contributed by atoms with Crippen LogP contribution in [0.25, 0.3) is 0 Å². The molecule has 1 amide bonds. The summed E-state index contributed by atoms with van der Waals surface area (Å²) in [6, 6.07) is 5.69. The number of benzene rings is 1. The van der Waals surface area contributed by atoms with Gasteiger partial charge in [0, 0.05) is 31.5 Å². The Hall–Kier alpha value is -1.99. The van der Waals surface area contributed by atoms with Crippen LogP contribution in [-0.4, -0.2) is 36.2 Å². The Morgan fingerprint density at radius 3 is 2.95 bits per heavy atom. The summed E-state index contributed by atoms with van der Waals surface area (Å²) in [4.78, 5) is 13.6. The molecule has 0 aromatic heterocycles. The molecule has 1 heterocycles. The number of aliphatic hydroxyl groups excluding tert-OH is 1. The van der Waals surface area contributed by atoms with Gasteiger partial charge in [0.25, 0.3) is 0 Å². The minimum Gasteiger partial charge on any atom is -0.497 e. The Labute approximate surface area is 119 Å². The number of methoxy groups -OCH3 is 1. The zero-order valence-corrected chi connectivity index (χ0v) is 11.7. The highest BCUT2D eigenvalue weighted by Crippen LogP contribution is 2.21. The van der Waals surface area contributed by atoms with Gasteiger partial charge < -0.3 is 14.7 Å². The van der Waals surface area contributed by atoms with Crippen molar-refractivity contribution >= 4 is 5.91 Å². The lowest BCUT2D eigenvalue weighted by Gasteiger charge is -2.17. The molecule has 1 aliphatic rings. The van der Waals surface area contributed by atoms with Gasteiger partial charge in [0.2, 0.25) is 5.91 Å². The van der Waals surface area contributed by atoms with Crippen molar-refractivity contribution in [2.45, 2.75) is 25.8 Å². The van der Waals surface area contributed by atoms with E-state index in [-0.39, 0.29) is 12.5 Å². The van der Waals surface area contributed by atoms with Crippen molar-refractivity contribution < 1.29 is 14.6 Å². The van der Waals surface area contributed by atoms with Gasteiger partial charge in [-0.15, -0.1) is 0 Å². The molecule has 0 atom stereocenters. The first-order valence-electron chi connectivity index (χ1n) is 6.79. The fourth-order valence-corrected chi connectivity index (χ4v) is 2.24. The second-order valence-electron chi connectivity index (χ2n) is 4.72. The van der Waals surface area contributed by atoms with Crippen LogP contribution in [0.4, 0.5) is 0 Å². The maximum Gasteiger partial charge on any atom is 0.222 e. The molecule has 4 heteroatoms. The number of nitrogens with zero attached hydrogens (tertiary/aromatic N) is 1. The van der Waals surface area contributed by atoms with E-state index in [2.05, 4.69) is 11.8 Å². The minimum atomic E-state index is 0.0586. The van der Waals surface area contributed by atoms with Crippen molar-refractivity contribution in [3.05, 3.63) is 29.3 Å². The summed E-state index contributed by atoms with van der Waals surface area (Å²) in [7, 11) is 1.62. The lowest BCUT2D eigenvalue weighted by atomic mass is 10.1. The van der Waals surface area contributed by atoms with Crippen LogP contribution in [0.15, 0.2) is 18.2 Å². The summed E-state index contributed by atoms with van der Waals surface area (Å²) >= 11 is 0. The van der Waals surface area contributed by atoms with Crippen LogP contribution in [0.5, 0.6) is 5.75 Å². The predicted molar refractivity (Wildman–Crippen MR) is 76.2 cm³/mol. The lowest BCUT2D eigenvalue weighted by molar-refractivity contribution is -0.128. The first kappa shape index (κ1) is 14.4. The van der Waals surface area contributed by atoms with Crippen LogP contribution in [0.3, 0.4) is 0 Å². The zero-order chi connectivity index (χ0) is 14.4. The Bertz CT molecular complexity index is 542. The second-order valence-corrected chi connectivity index (χ2v) is 4.72. The molecule has 2 rings (SSSR count). The maximum absolute atomic E-state index is 11.7. The zero-order valence-electron chi connectivity index (χ0n) is 11.7. The Morgan fingerprint density at radius 1 is 1.45 bits per heavy atom. The number of hydrogen-bond donors (Lipinski definition) is 1. The van der Waals surface area contributed by atoms with Crippen molar-refractivity contribution in [1.29, 1.82) is 0 Å². The molecule has 1 saturated heterocycles. The average Bonchev–Trinajstić information content (AvgIpc) is 2.86. The third kappa shape index (κ3) is 3.52. The first-order chi connectivity index (χ1) is 9.74. The van der Waals surface area contributed by atoms with E-state index < -0.39 is 0 Å². The van der Waals surface area contributed by atoms with Crippen LogP contribution in [0.2, 0.25) is 0 Å². The number of carbonyl (C=O) groups is 1. The molecule has 0 spiro atoms. The van der Waals surface area contributed by atoms with E-state index in [9.17, 15) is 4.79 Å². The Morgan fingerprint density at radius 2 is 2.30 bits per heavy atom. The third-order valence-electron chi connectivity index (χ3n) is 3.30. The molecule has 106 valence electrons. The standard InChI is InChI=1S/C16H19NO3/c1-20-15-8-7-13(5-2-3-10-18)14(11-15)12-17-9-4-6-16(17)19/h7-8,11,18H,3-4,6,9-10,12H2,1H3. The predicted octanol–water partition coefficient (Wildman–Crippen LogP) is 1.55. The second kappa shape index (κ2) is 6.97. The molecule has 0 aliphatic carbocycles. The van der Waals surface area contributed by atoms with Crippen LogP contribution in [0.1, 0.15) is 30.4 Å². The smallest absolute Gasteiger partial charge is 0.222 e. The van der Waals surface area contributed by atoms with E-state index in [1.54, 1.807) is 7.11 Å². The van der Waals surface area contributed by atoms with Gasteiger partial charge >= 0.3 is 0 Å². The fraction of sp³-hybridized carbons (Fsp3) is 0.438. The van der Waals surface area contributed by atoms with Crippen molar-refractivity contribution in [2.75, 3.05) is 20.3 Å². The molecule has 1 aliphatic heterocycles. The fourth-order valence-electron chi connectivity index (χ4n) is 2.24. The van der Waals surface area contributed by atoms with E-state index in [1.807, 2.05) is 23.1 Å². The Balaban J connectivity index is 2.23. The number of aliphatic hydroxyl groups is 1. The largest absolute Gasteiger partial charge is 0.497 e. The van der Waals surface area contributed by atoms with Crippen LogP contribution in [-0.2, 0) is 11.3 Å². The van der Waals surface area contributed by atoms with E-state index in [1.165, 1.54) is 0 Å². The average molecular weight is 273 g/mol. The van der Waals surface area contributed by atoms with Crippen LogP contribution in [0, 0.1) is 11.8 Å². The third-order valence-corrected chi connectivity index (χ3v) is 3.30. The molecule has 1 aromatic rings. The molecule has 4 nitrogen and oxygen atoms in total. The monoisotopic (exact) mass is 273 g/mol. The first-order valence-corrected chi connectivity index (χ1v) is 6.79. The van der Waals surface area contributed by atoms with Crippen molar-refractivity contribution in [2.24, 2.45) is 0 Å². The molecule has 1 aromatic carbocycles. The van der Waals surface area contributed by atoms with E-state index in [4.69, 9.17) is 9.84 Å². The highest BCUT2D eigenvalue weighted by molar-refractivity contribution is 5.78. The minimum absolute atomic E-state index is 0.0586. The number of ether oxygens (including phenoxy) is 1. The molecule has 0 radical (unpaired) electrons. The van der Waals surface area contributed by atoms with Gasteiger partial charge in [-0.1, -0.05) is 11.8 Å². The number of likely N-dealkylation sites (tertiary alicyclic amines) is 1. The molecule has 20 heavy (non-hydrogen) atoms. The molecule has 1 fully saturated rings. The van der Waals surface area contributed by atoms with Gasteiger partial charge in [0.15, 0.2) is 0 Å². The molecule has 0 saturated carbocycles. The van der Waals surface area contributed by atoms with Gasteiger partial charge in [-0.2, -0.15) is 0 Å². The normalized spacial score (nSPS) is 14.1. The molecular formula is C16H19NO3. The summed E-state index contributed by atoms with van der Waals surface area (Å²) in [6.45, 7) is 1.43. The molecule has 0 bridgehead atoms.